The Morgan fingerprint density at radius 2 is 1.50 bits per heavy atom. The molecule has 72 valence electrons. The Labute approximate surface area is 77.1 Å². The van der Waals surface area contributed by atoms with Gasteiger partial charge in [-0.3, -0.25) is 0 Å². The van der Waals surface area contributed by atoms with Gasteiger partial charge in [-0.1, -0.05) is 33.6 Å². The SMILES string of the molecule is CCC1CN(C)CC(CC)C1C. The minimum Gasteiger partial charge on any atom is -0.306 e. The van der Waals surface area contributed by atoms with Crippen molar-refractivity contribution in [3.05, 3.63) is 0 Å². The first kappa shape index (κ1) is 10.0. The molecule has 1 fully saturated rings. The molecule has 1 aliphatic rings. The van der Waals surface area contributed by atoms with E-state index in [-0.39, 0.29) is 0 Å². The van der Waals surface area contributed by atoms with Crippen LogP contribution >= 0.6 is 0 Å². The molecule has 2 atom stereocenters. The van der Waals surface area contributed by atoms with Crippen LogP contribution in [0.5, 0.6) is 0 Å². The molecule has 0 spiro atoms. The van der Waals surface area contributed by atoms with Gasteiger partial charge in [-0.2, -0.15) is 0 Å². The molecule has 0 aromatic heterocycles. The molecule has 0 radical (unpaired) electrons. The third-order valence-corrected chi connectivity index (χ3v) is 3.63. The van der Waals surface area contributed by atoms with E-state index in [0.29, 0.717) is 0 Å². The Balaban J connectivity index is 2.55. The largest absolute Gasteiger partial charge is 0.306 e. The van der Waals surface area contributed by atoms with Gasteiger partial charge in [-0.05, 0) is 24.8 Å². The highest BCUT2D eigenvalue weighted by atomic mass is 15.1. The third-order valence-electron chi connectivity index (χ3n) is 3.63. The molecule has 0 bridgehead atoms. The Hall–Kier alpha value is -0.0400. The minimum atomic E-state index is 0.939. The first-order valence-electron chi connectivity index (χ1n) is 5.37. The summed E-state index contributed by atoms with van der Waals surface area (Å²) in [6.45, 7) is 9.72. The first-order chi connectivity index (χ1) is 5.69. The molecule has 1 aliphatic heterocycles. The maximum absolute atomic E-state index is 2.50. The van der Waals surface area contributed by atoms with Crippen LogP contribution in [0.1, 0.15) is 33.6 Å². The van der Waals surface area contributed by atoms with E-state index < -0.39 is 0 Å². The van der Waals surface area contributed by atoms with Gasteiger partial charge in [0.15, 0.2) is 0 Å². The summed E-state index contributed by atoms with van der Waals surface area (Å²) in [6.07, 6.45) is 2.70. The van der Waals surface area contributed by atoms with Crippen LogP contribution in [0.15, 0.2) is 0 Å². The molecule has 1 rings (SSSR count). The molecule has 12 heavy (non-hydrogen) atoms. The van der Waals surface area contributed by atoms with E-state index >= 15 is 0 Å². The van der Waals surface area contributed by atoms with Gasteiger partial charge < -0.3 is 4.90 Å². The van der Waals surface area contributed by atoms with Crippen LogP contribution in [0.25, 0.3) is 0 Å². The van der Waals surface area contributed by atoms with Crippen LogP contribution in [0, 0.1) is 17.8 Å². The van der Waals surface area contributed by atoms with Crippen LogP contribution in [0.4, 0.5) is 0 Å². The van der Waals surface area contributed by atoms with Gasteiger partial charge in [0, 0.05) is 13.1 Å². The number of likely N-dealkylation sites (tertiary alicyclic amines) is 1. The zero-order valence-corrected chi connectivity index (χ0v) is 9.01. The summed E-state index contributed by atoms with van der Waals surface area (Å²) in [7, 11) is 2.26. The summed E-state index contributed by atoms with van der Waals surface area (Å²) in [5, 5.41) is 0. The second kappa shape index (κ2) is 4.27. The Bertz CT molecular complexity index is 119. The van der Waals surface area contributed by atoms with E-state index in [9.17, 15) is 0 Å². The fraction of sp³-hybridized carbons (Fsp3) is 1.00. The Kier molecular flexibility index (Phi) is 3.57. The number of piperidine rings is 1. The van der Waals surface area contributed by atoms with Gasteiger partial charge in [0.2, 0.25) is 0 Å². The molecule has 1 heteroatoms. The number of hydrogen-bond donors (Lipinski definition) is 0. The second-order valence-corrected chi connectivity index (χ2v) is 4.42. The zero-order valence-electron chi connectivity index (χ0n) is 9.01. The quantitative estimate of drug-likeness (QED) is 0.614. The van der Waals surface area contributed by atoms with Gasteiger partial charge in [0.25, 0.3) is 0 Å². The highest BCUT2D eigenvalue weighted by Crippen LogP contribution is 2.31. The van der Waals surface area contributed by atoms with Crippen LogP contribution < -0.4 is 0 Å². The predicted molar refractivity (Wildman–Crippen MR) is 54.2 cm³/mol. The van der Waals surface area contributed by atoms with Crippen molar-refractivity contribution < 1.29 is 0 Å². The predicted octanol–water partition coefficient (Wildman–Crippen LogP) is 2.62. The van der Waals surface area contributed by atoms with Crippen molar-refractivity contribution in [2.45, 2.75) is 33.6 Å². The molecule has 0 N–H and O–H groups in total. The lowest BCUT2D eigenvalue weighted by atomic mass is 9.77. The summed E-state index contributed by atoms with van der Waals surface area (Å²) >= 11 is 0. The van der Waals surface area contributed by atoms with E-state index in [4.69, 9.17) is 0 Å². The zero-order chi connectivity index (χ0) is 9.14. The van der Waals surface area contributed by atoms with Gasteiger partial charge in [0.05, 0.1) is 0 Å². The average Bonchev–Trinajstić information content (AvgIpc) is 2.08. The topological polar surface area (TPSA) is 3.24 Å². The van der Waals surface area contributed by atoms with Crippen LogP contribution in [-0.4, -0.2) is 25.0 Å². The molecular formula is C11H23N. The Morgan fingerprint density at radius 3 is 1.83 bits per heavy atom. The maximum atomic E-state index is 2.50. The Morgan fingerprint density at radius 1 is 1.08 bits per heavy atom. The lowest BCUT2D eigenvalue weighted by Crippen LogP contribution is -2.42. The number of hydrogen-bond acceptors (Lipinski definition) is 1. The normalized spacial score (nSPS) is 38.5. The van der Waals surface area contributed by atoms with Gasteiger partial charge in [0.1, 0.15) is 0 Å². The molecular weight excluding hydrogens is 146 g/mol. The number of nitrogens with zero attached hydrogens (tertiary/aromatic N) is 1. The van der Waals surface area contributed by atoms with E-state index in [1.165, 1.54) is 25.9 Å². The monoisotopic (exact) mass is 169 g/mol. The smallest absolute Gasteiger partial charge is 0.000928 e. The third kappa shape index (κ3) is 2.01. The van der Waals surface area contributed by atoms with Gasteiger partial charge in [-0.15, -0.1) is 0 Å². The van der Waals surface area contributed by atoms with Crippen molar-refractivity contribution in [2.24, 2.45) is 17.8 Å². The average molecular weight is 169 g/mol. The van der Waals surface area contributed by atoms with Crippen molar-refractivity contribution in [2.75, 3.05) is 20.1 Å². The van der Waals surface area contributed by atoms with Crippen molar-refractivity contribution in [3.8, 4) is 0 Å². The highest BCUT2D eigenvalue weighted by molar-refractivity contribution is 4.81. The lowest BCUT2D eigenvalue weighted by Gasteiger charge is -2.40. The van der Waals surface area contributed by atoms with E-state index in [1.54, 1.807) is 0 Å². The molecule has 0 amide bonds. The lowest BCUT2D eigenvalue weighted by molar-refractivity contribution is 0.0846. The molecule has 2 unspecified atom stereocenters. The van der Waals surface area contributed by atoms with Crippen LogP contribution in [-0.2, 0) is 0 Å². The van der Waals surface area contributed by atoms with Gasteiger partial charge in [-0.25, -0.2) is 0 Å². The number of rotatable bonds is 2. The summed E-state index contributed by atoms with van der Waals surface area (Å²) in [4.78, 5) is 2.50. The standard InChI is InChI=1S/C11H23N/c1-5-10-7-12(4)8-11(6-2)9(10)3/h9-11H,5-8H2,1-4H3. The molecule has 0 aromatic rings. The molecule has 1 saturated heterocycles. The van der Waals surface area contributed by atoms with Crippen LogP contribution in [0.2, 0.25) is 0 Å². The fourth-order valence-electron chi connectivity index (χ4n) is 2.59. The van der Waals surface area contributed by atoms with Gasteiger partial charge >= 0.3 is 0 Å². The van der Waals surface area contributed by atoms with Crippen molar-refractivity contribution in [1.29, 1.82) is 0 Å². The van der Waals surface area contributed by atoms with Crippen molar-refractivity contribution in [3.63, 3.8) is 0 Å². The molecule has 1 heterocycles. The minimum absolute atomic E-state index is 0.939. The highest BCUT2D eigenvalue weighted by Gasteiger charge is 2.29. The molecule has 0 aliphatic carbocycles. The summed E-state index contributed by atoms with van der Waals surface area (Å²) < 4.78 is 0. The van der Waals surface area contributed by atoms with E-state index in [0.717, 1.165) is 17.8 Å². The molecule has 0 saturated carbocycles. The summed E-state index contributed by atoms with van der Waals surface area (Å²) in [6, 6.07) is 0. The molecule has 0 aromatic carbocycles. The van der Waals surface area contributed by atoms with Crippen molar-refractivity contribution >= 4 is 0 Å². The van der Waals surface area contributed by atoms with E-state index in [2.05, 4.69) is 32.7 Å². The maximum Gasteiger partial charge on any atom is 0.000928 e. The van der Waals surface area contributed by atoms with Crippen molar-refractivity contribution in [1.82, 2.24) is 4.90 Å². The summed E-state index contributed by atoms with van der Waals surface area (Å²) in [5.74, 6) is 2.82. The van der Waals surface area contributed by atoms with E-state index in [1.807, 2.05) is 0 Å². The summed E-state index contributed by atoms with van der Waals surface area (Å²) in [5.41, 5.74) is 0. The molecule has 1 nitrogen and oxygen atoms in total. The van der Waals surface area contributed by atoms with Crippen LogP contribution in [0.3, 0.4) is 0 Å². The first-order valence-corrected chi connectivity index (χ1v) is 5.37. The second-order valence-electron chi connectivity index (χ2n) is 4.42. The fourth-order valence-corrected chi connectivity index (χ4v) is 2.59.